The molecule has 2 aromatic heterocycles. The number of hydrogen-bond acceptors (Lipinski definition) is 3. The summed E-state index contributed by atoms with van der Waals surface area (Å²) in [6, 6.07) is 5.27. The lowest BCUT2D eigenvalue weighted by atomic mass is 10.3. The first-order valence-corrected chi connectivity index (χ1v) is 3.75. The summed E-state index contributed by atoms with van der Waals surface area (Å²) in [5.74, 6) is 0.694. The summed E-state index contributed by atoms with van der Waals surface area (Å²) >= 11 is 5.67. The predicted molar refractivity (Wildman–Crippen MR) is 44.7 cm³/mol. The van der Waals surface area contributed by atoms with Gasteiger partial charge in [-0.15, -0.1) is 0 Å². The number of hydrogen-bond donors (Lipinski definition) is 0. The molecule has 0 bridgehead atoms. The van der Waals surface area contributed by atoms with Crippen LogP contribution < -0.4 is 0 Å². The van der Waals surface area contributed by atoms with Crippen molar-refractivity contribution in [3.63, 3.8) is 0 Å². The van der Waals surface area contributed by atoms with Crippen LogP contribution in [0.15, 0.2) is 35.2 Å². The van der Waals surface area contributed by atoms with Crippen molar-refractivity contribution in [2.24, 2.45) is 0 Å². The van der Waals surface area contributed by atoms with Crippen LogP contribution in [0.4, 0.5) is 0 Å². The number of nitrogens with zero attached hydrogens (tertiary/aromatic N) is 2. The first-order chi connectivity index (χ1) is 5.86. The highest BCUT2D eigenvalue weighted by Gasteiger charge is 2.01. The van der Waals surface area contributed by atoms with Gasteiger partial charge in [-0.2, -0.15) is 0 Å². The predicted octanol–water partition coefficient (Wildman–Crippen LogP) is 2.39. The Morgan fingerprint density at radius 3 is 2.92 bits per heavy atom. The molecule has 2 rings (SSSR count). The second-order valence-corrected chi connectivity index (χ2v) is 2.59. The lowest BCUT2D eigenvalue weighted by molar-refractivity contribution is 0.580. The van der Waals surface area contributed by atoms with E-state index in [1.807, 2.05) is 6.07 Å². The molecular formula is C8H5ClN2O. The van der Waals surface area contributed by atoms with Gasteiger partial charge < -0.3 is 4.42 Å². The third-order valence-electron chi connectivity index (χ3n) is 1.41. The molecular weight excluding hydrogens is 176 g/mol. The third-order valence-corrected chi connectivity index (χ3v) is 1.61. The van der Waals surface area contributed by atoms with E-state index in [0.717, 1.165) is 0 Å². The van der Waals surface area contributed by atoms with Gasteiger partial charge in [0.1, 0.15) is 17.2 Å². The minimum atomic E-state index is 0.413. The van der Waals surface area contributed by atoms with E-state index in [1.165, 1.54) is 6.33 Å². The quantitative estimate of drug-likeness (QED) is 0.633. The SMILES string of the molecule is Clc1cc(-c2ccco2)ncn1. The average molecular weight is 181 g/mol. The summed E-state index contributed by atoms with van der Waals surface area (Å²) in [4.78, 5) is 7.76. The van der Waals surface area contributed by atoms with Crippen LogP contribution in [-0.2, 0) is 0 Å². The molecule has 0 aromatic carbocycles. The van der Waals surface area contributed by atoms with Crippen molar-refractivity contribution in [3.8, 4) is 11.5 Å². The highest BCUT2D eigenvalue weighted by Crippen LogP contribution is 2.18. The van der Waals surface area contributed by atoms with Crippen molar-refractivity contribution in [1.82, 2.24) is 9.97 Å². The molecule has 0 aliphatic rings. The second-order valence-electron chi connectivity index (χ2n) is 2.20. The molecule has 0 saturated heterocycles. The lowest BCUT2D eigenvalue weighted by Gasteiger charge is -1.93. The van der Waals surface area contributed by atoms with E-state index in [-0.39, 0.29) is 0 Å². The summed E-state index contributed by atoms with van der Waals surface area (Å²) in [7, 11) is 0. The van der Waals surface area contributed by atoms with Crippen LogP contribution in [-0.4, -0.2) is 9.97 Å². The molecule has 0 amide bonds. The maximum Gasteiger partial charge on any atom is 0.152 e. The minimum Gasteiger partial charge on any atom is -0.463 e. The second kappa shape index (κ2) is 2.95. The van der Waals surface area contributed by atoms with Crippen molar-refractivity contribution in [1.29, 1.82) is 0 Å². The molecule has 0 fully saturated rings. The van der Waals surface area contributed by atoms with Crippen LogP contribution in [0.5, 0.6) is 0 Å². The molecule has 2 heterocycles. The van der Waals surface area contributed by atoms with Crippen molar-refractivity contribution < 1.29 is 4.42 Å². The first kappa shape index (κ1) is 7.31. The molecule has 2 aromatic rings. The fraction of sp³-hybridized carbons (Fsp3) is 0. The molecule has 0 spiro atoms. The zero-order valence-corrected chi connectivity index (χ0v) is 6.82. The first-order valence-electron chi connectivity index (χ1n) is 3.38. The van der Waals surface area contributed by atoms with Crippen molar-refractivity contribution in [2.75, 3.05) is 0 Å². The van der Waals surface area contributed by atoms with Crippen LogP contribution in [0.1, 0.15) is 0 Å². The van der Waals surface area contributed by atoms with Gasteiger partial charge in [0.15, 0.2) is 5.76 Å². The van der Waals surface area contributed by atoms with Crippen LogP contribution in [0.2, 0.25) is 5.15 Å². The molecule has 0 aliphatic carbocycles. The standard InChI is InChI=1S/C8H5ClN2O/c9-8-4-6(10-5-11-8)7-2-1-3-12-7/h1-5H. The van der Waals surface area contributed by atoms with Gasteiger partial charge in [-0.05, 0) is 12.1 Å². The van der Waals surface area contributed by atoms with Gasteiger partial charge in [0.05, 0.1) is 6.26 Å². The molecule has 0 saturated carbocycles. The number of rotatable bonds is 1. The van der Waals surface area contributed by atoms with Crippen LogP contribution in [0.3, 0.4) is 0 Å². The van der Waals surface area contributed by atoms with E-state index in [4.69, 9.17) is 16.0 Å². The molecule has 0 radical (unpaired) electrons. The van der Waals surface area contributed by atoms with Gasteiger partial charge in [0, 0.05) is 6.07 Å². The molecule has 0 unspecified atom stereocenters. The Kier molecular flexibility index (Phi) is 1.80. The molecule has 0 N–H and O–H groups in total. The Bertz CT molecular complexity index is 372. The fourth-order valence-corrected chi connectivity index (χ4v) is 1.04. The number of aromatic nitrogens is 2. The average Bonchev–Trinajstić information content (AvgIpc) is 2.56. The number of halogens is 1. The summed E-state index contributed by atoms with van der Waals surface area (Å²) in [6.07, 6.45) is 2.99. The zero-order valence-electron chi connectivity index (χ0n) is 6.07. The Hall–Kier alpha value is -1.35. The zero-order chi connectivity index (χ0) is 8.39. The Labute approximate surface area is 74.0 Å². The number of furan rings is 1. The maximum atomic E-state index is 5.67. The van der Waals surface area contributed by atoms with E-state index in [1.54, 1.807) is 18.4 Å². The minimum absolute atomic E-state index is 0.413. The van der Waals surface area contributed by atoms with Crippen molar-refractivity contribution >= 4 is 11.6 Å². The van der Waals surface area contributed by atoms with E-state index in [2.05, 4.69) is 9.97 Å². The largest absolute Gasteiger partial charge is 0.463 e. The normalized spacial score (nSPS) is 10.1. The van der Waals surface area contributed by atoms with Crippen molar-refractivity contribution in [3.05, 3.63) is 35.9 Å². The van der Waals surface area contributed by atoms with Gasteiger partial charge in [-0.1, -0.05) is 11.6 Å². The van der Waals surface area contributed by atoms with Gasteiger partial charge >= 0.3 is 0 Å². The summed E-state index contributed by atoms with van der Waals surface area (Å²) < 4.78 is 5.13. The molecule has 4 heteroatoms. The lowest BCUT2D eigenvalue weighted by Crippen LogP contribution is -1.82. The van der Waals surface area contributed by atoms with Gasteiger partial charge in [0.25, 0.3) is 0 Å². The van der Waals surface area contributed by atoms with E-state index in [9.17, 15) is 0 Å². The highest BCUT2D eigenvalue weighted by atomic mass is 35.5. The Balaban J connectivity index is 2.48. The molecule has 0 aliphatic heterocycles. The molecule has 12 heavy (non-hydrogen) atoms. The molecule has 3 nitrogen and oxygen atoms in total. The maximum absolute atomic E-state index is 5.67. The topological polar surface area (TPSA) is 38.9 Å². The smallest absolute Gasteiger partial charge is 0.152 e. The molecule has 60 valence electrons. The van der Waals surface area contributed by atoms with E-state index >= 15 is 0 Å². The van der Waals surface area contributed by atoms with Gasteiger partial charge in [0.2, 0.25) is 0 Å². The van der Waals surface area contributed by atoms with Crippen molar-refractivity contribution in [2.45, 2.75) is 0 Å². The van der Waals surface area contributed by atoms with E-state index in [0.29, 0.717) is 16.6 Å². The van der Waals surface area contributed by atoms with Crippen LogP contribution in [0.25, 0.3) is 11.5 Å². The third kappa shape index (κ3) is 1.31. The Morgan fingerprint density at radius 1 is 1.33 bits per heavy atom. The van der Waals surface area contributed by atoms with Gasteiger partial charge in [-0.3, -0.25) is 0 Å². The van der Waals surface area contributed by atoms with Crippen LogP contribution >= 0.6 is 11.6 Å². The van der Waals surface area contributed by atoms with Crippen LogP contribution in [0, 0.1) is 0 Å². The fourth-order valence-electron chi connectivity index (χ4n) is 0.893. The summed E-state index contributed by atoms with van der Waals surface area (Å²) in [6.45, 7) is 0. The van der Waals surface area contributed by atoms with Gasteiger partial charge in [-0.25, -0.2) is 9.97 Å². The summed E-state index contributed by atoms with van der Waals surface area (Å²) in [5, 5.41) is 0.413. The monoisotopic (exact) mass is 180 g/mol. The Morgan fingerprint density at radius 2 is 2.25 bits per heavy atom. The highest BCUT2D eigenvalue weighted by molar-refractivity contribution is 6.29. The van der Waals surface area contributed by atoms with E-state index < -0.39 is 0 Å². The summed E-state index contributed by atoms with van der Waals surface area (Å²) in [5.41, 5.74) is 0.694. The molecule has 0 atom stereocenters.